The molecule has 1 aromatic heterocycles. The minimum Gasteiger partial charge on any atom is -0.480 e. The molecule has 2 unspecified atom stereocenters. The summed E-state index contributed by atoms with van der Waals surface area (Å²) in [5.41, 5.74) is 3.62. The molecule has 1 amide bonds. The number of carbonyl (C=O) groups is 2. The van der Waals surface area contributed by atoms with E-state index in [-0.39, 0.29) is 16.8 Å². The number of imidazole rings is 1. The molecule has 0 saturated heterocycles. The normalized spacial score (nSPS) is 16.0. The summed E-state index contributed by atoms with van der Waals surface area (Å²) in [6.07, 6.45) is 5.88. The fraction of sp³-hybridized carbons (Fsp3) is 0.320. The number of carboxylic acids is 1. The fourth-order valence-corrected chi connectivity index (χ4v) is 5.51. The maximum atomic E-state index is 13.1. The van der Waals surface area contributed by atoms with Crippen LogP contribution >= 0.6 is 0 Å². The van der Waals surface area contributed by atoms with Crippen molar-refractivity contribution in [1.82, 2.24) is 25.1 Å². The molecule has 2 aromatic carbocycles. The number of hydroxylamine groups is 1. The third kappa shape index (κ3) is 6.68. The first-order chi connectivity index (χ1) is 18.3. The van der Waals surface area contributed by atoms with E-state index in [9.17, 15) is 23.1 Å². The van der Waals surface area contributed by atoms with Gasteiger partial charge in [-0.1, -0.05) is 36.4 Å². The summed E-state index contributed by atoms with van der Waals surface area (Å²) in [4.78, 5) is 37.6. The van der Waals surface area contributed by atoms with Crippen molar-refractivity contribution in [3.05, 3.63) is 66.3 Å². The highest BCUT2D eigenvalue weighted by molar-refractivity contribution is 7.89. The summed E-state index contributed by atoms with van der Waals surface area (Å²) in [6, 6.07) is 10.1. The van der Waals surface area contributed by atoms with Crippen LogP contribution in [-0.4, -0.2) is 66.0 Å². The Bertz CT molecular complexity index is 1420. The van der Waals surface area contributed by atoms with Gasteiger partial charge in [0.05, 0.1) is 11.4 Å². The van der Waals surface area contributed by atoms with E-state index in [1.807, 2.05) is 6.92 Å². The lowest BCUT2D eigenvalue weighted by atomic mass is 10.1. The fourth-order valence-electron chi connectivity index (χ4n) is 4.10. The number of amides is 1. The number of unbranched alkanes of at least 4 members (excludes halogenated alkanes) is 1. The highest BCUT2D eigenvalue weighted by Crippen LogP contribution is 2.23. The van der Waals surface area contributed by atoms with Crippen LogP contribution in [0.25, 0.3) is 10.8 Å². The second kappa shape index (κ2) is 12.1. The lowest BCUT2D eigenvalue weighted by Gasteiger charge is -2.23. The largest absolute Gasteiger partial charge is 0.480 e. The Labute approximate surface area is 220 Å². The van der Waals surface area contributed by atoms with E-state index in [1.165, 1.54) is 6.07 Å². The molecule has 0 aliphatic carbocycles. The van der Waals surface area contributed by atoms with Gasteiger partial charge in [-0.3, -0.25) is 24.8 Å². The number of carboxylic acid groups (broad SMARTS) is 1. The number of aliphatic carboxylic acids is 1. The van der Waals surface area contributed by atoms with E-state index in [1.54, 1.807) is 48.7 Å². The van der Waals surface area contributed by atoms with Gasteiger partial charge in [0, 0.05) is 23.8 Å². The quantitative estimate of drug-likeness (QED) is 0.151. The number of carbonyl (C=O) groups excluding carboxylic acids is 1. The number of aromatic amines is 1. The number of rotatable bonds is 14. The van der Waals surface area contributed by atoms with Gasteiger partial charge < -0.3 is 15.4 Å². The minimum atomic E-state index is -4.21. The number of benzene rings is 2. The first-order valence-electron chi connectivity index (χ1n) is 12.1. The first-order valence-corrected chi connectivity index (χ1v) is 13.6. The zero-order valence-electron chi connectivity index (χ0n) is 20.8. The van der Waals surface area contributed by atoms with Crippen LogP contribution in [0.1, 0.15) is 25.0 Å². The van der Waals surface area contributed by atoms with Crippen molar-refractivity contribution in [2.75, 3.05) is 18.4 Å². The third-order valence-corrected chi connectivity index (χ3v) is 7.55. The van der Waals surface area contributed by atoms with Crippen LogP contribution in [0, 0.1) is 6.92 Å². The van der Waals surface area contributed by atoms with Gasteiger partial charge in [0.15, 0.2) is 5.95 Å². The summed E-state index contributed by atoms with van der Waals surface area (Å²) < 4.78 is 28.5. The highest BCUT2D eigenvalue weighted by atomic mass is 32.2. The molecule has 2 heterocycles. The monoisotopic (exact) mass is 542 g/mol. The van der Waals surface area contributed by atoms with Gasteiger partial charge in [0.25, 0.3) is 0 Å². The zero-order valence-corrected chi connectivity index (χ0v) is 21.6. The Balaban J connectivity index is 1.35. The number of anilines is 1. The maximum absolute atomic E-state index is 13.1. The third-order valence-electron chi connectivity index (χ3n) is 6.02. The molecule has 0 fully saturated rings. The predicted octanol–water partition coefficient (Wildman–Crippen LogP) is 2.09. The molecule has 12 nitrogen and oxygen atoms in total. The molecule has 3 aromatic rings. The van der Waals surface area contributed by atoms with E-state index < -0.39 is 28.6 Å². The van der Waals surface area contributed by atoms with Crippen molar-refractivity contribution in [2.24, 2.45) is 0 Å². The van der Waals surface area contributed by atoms with Gasteiger partial charge in [-0.05, 0) is 43.7 Å². The van der Waals surface area contributed by atoms with Crippen LogP contribution in [0.2, 0.25) is 0 Å². The van der Waals surface area contributed by atoms with Gasteiger partial charge in [0.1, 0.15) is 18.0 Å². The number of aromatic nitrogens is 2. The van der Waals surface area contributed by atoms with Crippen molar-refractivity contribution in [2.45, 2.75) is 43.2 Å². The van der Waals surface area contributed by atoms with Crippen LogP contribution in [-0.2, 0) is 24.4 Å². The zero-order chi connectivity index (χ0) is 27.1. The summed E-state index contributed by atoms with van der Waals surface area (Å²) in [6.45, 7) is 2.21. The van der Waals surface area contributed by atoms with E-state index in [4.69, 9.17) is 4.84 Å². The second-order valence-corrected chi connectivity index (χ2v) is 10.6. The van der Waals surface area contributed by atoms with Crippen LogP contribution in [0.3, 0.4) is 0 Å². The summed E-state index contributed by atoms with van der Waals surface area (Å²) in [5, 5.41) is 14.1. The number of hydrogen-bond donors (Lipinski definition) is 5. The highest BCUT2D eigenvalue weighted by Gasteiger charge is 2.30. The van der Waals surface area contributed by atoms with Crippen molar-refractivity contribution >= 4 is 39.1 Å². The molecule has 202 valence electrons. The molecule has 0 bridgehead atoms. The number of nitrogens with zero attached hydrogens (tertiary/aromatic N) is 2. The molecule has 38 heavy (non-hydrogen) atoms. The van der Waals surface area contributed by atoms with E-state index in [0.29, 0.717) is 29.6 Å². The van der Waals surface area contributed by atoms with Gasteiger partial charge >= 0.3 is 5.97 Å². The van der Waals surface area contributed by atoms with Crippen molar-refractivity contribution in [3.8, 4) is 0 Å². The predicted molar refractivity (Wildman–Crippen MR) is 140 cm³/mol. The van der Waals surface area contributed by atoms with Gasteiger partial charge in [-0.2, -0.15) is 4.72 Å². The molecular formula is C25H30N6O6S. The van der Waals surface area contributed by atoms with Crippen molar-refractivity contribution in [3.63, 3.8) is 0 Å². The van der Waals surface area contributed by atoms with Crippen LogP contribution in [0.4, 0.5) is 5.95 Å². The van der Waals surface area contributed by atoms with Gasteiger partial charge in [0.2, 0.25) is 16.4 Å². The first kappa shape index (κ1) is 27.1. The Hall–Kier alpha value is -3.94. The molecule has 5 N–H and O–H groups in total. The molecule has 2 atom stereocenters. The molecular weight excluding hydrogens is 512 g/mol. The number of nitrogens with one attached hydrogen (secondary N) is 4. The lowest BCUT2D eigenvalue weighted by molar-refractivity contribution is -0.139. The number of hydrogen-bond acceptors (Lipinski definition) is 8. The lowest BCUT2D eigenvalue weighted by Crippen LogP contribution is -2.48. The van der Waals surface area contributed by atoms with E-state index >= 15 is 0 Å². The molecule has 0 saturated carbocycles. The summed E-state index contributed by atoms with van der Waals surface area (Å²) >= 11 is 0. The smallest absolute Gasteiger partial charge is 0.323 e. The standard InChI is InChI=1S/C25H30N6O6S/c1-17-14-27-25(28-17)26-12-5-4-9-19-13-23(29-37-19)31(16-32)15-21(24(33)34)30-38(35,36)22-11-6-8-18-7-2-3-10-20(18)22/h2-3,6-8,10-11,13-14,16,19,21,29-30H,4-5,9,12,15H2,1H3,(H,33,34)(H2,26,27,28). The Morgan fingerprint density at radius 2 is 2.03 bits per heavy atom. The van der Waals surface area contributed by atoms with Crippen LogP contribution < -0.4 is 15.5 Å². The van der Waals surface area contributed by atoms with Gasteiger partial charge in [-0.25, -0.2) is 13.4 Å². The SMILES string of the molecule is Cc1cnc(NCCCCC2C=C(N(C=O)CC(NS(=O)(=O)c3cccc4ccccc34)C(=O)O)NO2)[nH]1. The number of H-pyrrole nitrogens is 1. The van der Waals surface area contributed by atoms with Gasteiger partial charge in [-0.15, -0.1) is 0 Å². The minimum absolute atomic E-state index is 0.0437. The Morgan fingerprint density at radius 1 is 1.24 bits per heavy atom. The summed E-state index contributed by atoms with van der Waals surface area (Å²) in [5.74, 6) is -0.449. The molecule has 4 rings (SSSR count). The molecule has 1 aliphatic rings. The second-order valence-electron chi connectivity index (χ2n) is 8.89. The molecule has 13 heteroatoms. The van der Waals surface area contributed by atoms with Crippen LogP contribution in [0.5, 0.6) is 0 Å². The molecule has 0 spiro atoms. The Morgan fingerprint density at radius 3 is 2.76 bits per heavy atom. The average molecular weight is 543 g/mol. The average Bonchev–Trinajstić information content (AvgIpc) is 3.54. The van der Waals surface area contributed by atoms with E-state index in [2.05, 4.69) is 25.5 Å². The molecule has 0 radical (unpaired) electrons. The molecule has 1 aliphatic heterocycles. The van der Waals surface area contributed by atoms with Crippen LogP contribution in [0.15, 0.2) is 65.5 Å². The van der Waals surface area contributed by atoms with E-state index in [0.717, 1.165) is 30.0 Å². The Kier molecular flexibility index (Phi) is 8.61. The summed E-state index contributed by atoms with van der Waals surface area (Å²) in [7, 11) is -4.21. The number of aryl methyl sites for hydroxylation is 1. The number of sulfonamides is 1. The number of fused-ring (bicyclic) bond motifs is 1. The van der Waals surface area contributed by atoms with Crippen molar-refractivity contribution in [1.29, 1.82) is 0 Å². The van der Waals surface area contributed by atoms with Crippen molar-refractivity contribution < 1.29 is 28.0 Å². The topological polar surface area (TPSA) is 166 Å². The maximum Gasteiger partial charge on any atom is 0.323 e.